The molecule has 7 nitrogen and oxygen atoms in total. The first-order chi connectivity index (χ1) is 11.1. The summed E-state index contributed by atoms with van der Waals surface area (Å²) in [6.45, 7) is 6.74. The number of fused-ring (bicyclic) bond motifs is 1. The second kappa shape index (κ2) is 6.99. The molecule has 136 valence electrons. The number of ether oxygens (including phenoxy) is 3. The molecule has 0 bridgehead atoms. The van der Waals surface area contributed by atoms with Gasteiger partial charge >= 0.3 is 18.0 Å². The lowest BCUT2D eigenvalue weighted by Gasteiger charge is -2.37. The zero-order valence-electron chi connectivity index (χ0n) is 15.0. The van der Waals surface area contributed by atoms with Crippen molar-refractivity contribution in [1.82, 2.24) is 4.90 Å². The van der Waals surface area contributed by atoms with Gasteiger partial charge in [-0.25, -0.2) is 9.59 Å². The fraction of sp³-hybridized carbons (Fsp3) is 0.824. The molecule has 1 aliphatic heterocycles. The number of likely N-dealkylation sites (tertiary alicyclic amines) is 1. The van der Waals surface area contributed by atoms with Crippen molar-refractivity contribution >= 4 is 18.0 Å². The number of methoxy groups -OCH3 is 1. The highest BCUT2D eigenvalue weighted by Gasteiger charge is 2.51. The molecule has 0 aromatic carbocycles. The van der Waals surface area contributed by atoms with Crippen LogP contribution in [0.2, 0.25) is 0 Å². The molecule has 4 atom stereocenters. The van der Waals surface area contributed by atoms with Crippen molar-refractivity contribution in [1.29, 1.82) is 0 Å². The quantitative estimate of drug-likeness (QED) is 0.566. The monoisotopic (exact) mass is 341 g/mol. The fourth-order valence-electron chi connectivity index (χ4n) is 3.68. The molecule has 0 aromatic heterocycles. The van der Waals surface area contributed by atoms with E-state index >= 15 is 0 Å². The van der Waals surface area contributed by atoms with Crippen molar-refractivity contribution in [3.05, 3.63) is 0 Å². The van der Waals surface area contributed by atoms with E-state index in [0.29, 0.717) is 12.8 Å². The van der Waals surface area contributed by atoms with E-state index in [1.807, 2.05) is 0 Å². The van der Waals surface area contributed by atoms with Gasteiger partial charge in [-0.1, -0.05) is 0 Å². The molecule has 2 rings (SSSR count). The highest BCUT2D eigenvalue weighted by molar-refractivity contribution is 5.82. The topological polar surface area (TPSA) is 82.1 Å². The number of hydrogen-bond acceptors (Lipinski definition) is 6. The number of hydrogen-bond donors (Lipinski definition) is 0. The summed E-state index contributed by atoms with van der Waals surface area (Å²) >= 11 is 0. The Kier molecular flexibility index (Phi) is 5.40. The summed E-state index contributed by atoms with van der Waals surface area (Å²) in [5, 5.41) is 0. The molecule has 0 unspecified atom stereocenters. The molecular formula is C17H27NO6. The molecule has 0 N–H and O–H groups in total. The van der Waals surface area contributed by atoms with Gasteiger partial charge in [-0.05, 0) is 46.0 Å². The smallest absolute Gasteiger partial charge is 0.411 e. The Bertz CT molecular complexity index is 512. The van der Waals surface area contributed by atoms with Crippen molar-refractivity contribution in [2.75, 3.05) is 7.11 Å². The number of amides is 1. The molecule has 0 spiro atoms. The first-order valence-electron chi connectivity index (χ1n) is 8.38. The van der Waals surface area contributed by atoms with Crippen LogP contribution in [-0.4, -0.2) is 53.8 Å². The lowest BCUT2D eigenvalue weighted by Crippen LogP contribution is -2.50. The number of esters is 2. The number of rotatable bonds is 2. The van der Waals surface area contributed by atoms with Crippen molar-refractivity contribution < 1.29 is 28.6 Å². The van der Waals surface area contributed by atoms with Crippen LogP contribution >= 0.6 is 0 Å². The Labute approximate surface area is 142 Å². The number of carbonyl (C=O) groups excluding carboxylic acids is 3. The lowest BCUT2D eigenvalue weighted by atomic mass is 9.83. The summed E-state index contributed by atoms with van der Waals surface area (Å²) in [5.74, 6) is -0.572. The van der Waals surface area contributed by atoms with Gasteiger partial charge in [0.25, 0.3) is 0 Å². The summed E-state index contributed by atoms with van der Waals surface area (Å²) < 4.78 is 15.7. The Morgan fingerprint density at radius 1 is 1.08 bits per heavy atom. The lowest BCUT2D eigenvalue weighted by molar-refractivity contribution is -0.150. The van der Waals surface area contributed by atoms with E-state index < -0.39 is 23.7 Å². The minimum Gasteiger partial charge on any atom is -0.467 e. The van der Waals surface area contributed by atoms with E-state index in [0.717, 1.165) is 12.8 Å². The Morgan fingerprint density at radius 2 is 1.75 bits per heavy atom. The second-order valence-corrected chi connectivity index (χ2v) is 7.53. The first-order valence-corrected chi connectivity index (χ1v) is 8.38. The highest BCUT2D eigenvalue weighted by atomic mass is 16.6. The third-order valence-electron chi connectivity index (χ3n) is 4.54. The molecule has 2 fully saturated rings. The van der Waals surface area contributed by atoms with Crippen LogP contribution in [0, 0.1) is 5.92 Å². The SMILES string of the molecule is COC(=O)[C@@H]1C[C@H]2CC[C@@H](OC(C)=O)C[C@H]2N1C(=O)OC(C)(C)C. The molecule has 1 heterocycles. The van der Waals surface area contributed by atoms with Gasteiger partial charge in [0.1, 0.15) is 17.7 Å². The Balaban J connectivity index is 2.21. The first kappa shape index (κ1) is 18.5. The van der Waals surface area contributed by atoms with Gasteiger partial charge in [-0.15, -0.1) is 0 Å². The van der Waals surface area contributed by atoms with Gasteiger partial charge in [-0.3, -0.25) is 9.69 Å². The average Bonchev–Trinajstić information content (AvgIpc) is 2.82. The molecular weight excluding hydrogens is 314 g/mol. The normalized spacial score (nSPS) is 29.6. The molecule has 1 saturated heterocycles. The van der Waals surface area contributed by atoms with E-state index in [-0.39, 0.29) is 24.0 Å². The van der Waals surface area contributed by atoms with Crippen LogP contribution in [0.5, 0.6) is 0 Å². The van der Waals surface area contributed by atoms with Crippen LogP contribution < -0.4 is 0 Å². The predicted octanol–water partition coefficient (Wildman–Crippen LogP) is 2.27. The van der Waals surface area contributed by atoms with Crippen LogP contribution in [-0.2, 0) is 23.8 Å². The molecule has 24 heavy (non-hydrogen) atoms. The molecule has 2 aliphatic rings. The van der Waals surface area contributed by atoms with E-state index in [4.69, 9.17) is 14.2 Å². The van der Waals surface area contributed by atoms with Crippen molar-refractivity contribution in [3.8, 4) is 0 Å². The summed E-state index contributed by atoms with van der Waals surface area (Å²) in [4.78, 5) is 37.5. The largest absolute Gasteiger partial charge is 0.467 e. The summed E-state index contributed by atoms with van der Waals surface area (Å²) in [6.07, 6.45) is 1.88. The molecule has 1 saturated carbocycles. The van der Waals surface area contributed by atoms with Crippen LogP contribution in [0.15, 0.2) is 0 Å². The molecule has 7 heteroatoms. The fourth-order valence-corrected chi connectivity index (χ4v) is 3.68. The number of carbonyl (C=O) groups is 3. The Hall–Kier alpha value is -1.79. The average molecular weight is 341 g/mol. The third-order valence-corrected chi connectivity index (χ3v) is 4.54. The highest BCUT2D eigenvalue weighted by Crippen LogP contribution is 2.41. The van der Waals surface area contributed by atoms with Gasteiger partial charge in [0.2, 0.25) is 0 Å². The molecule has 0 radical (unpaired) electrons. The maximum atomic E-state index is 12.7. The van der Waals surface area contributed by atoms with Crippen LogP contribution in [0.4, 0.5) is 4.79 Å². The maximum absolute atomic E-state index is 12.7. The van der Waals surface area contributed by atoms with Crippen molar-refractivity contribution in [3.63, 3.8) is 0 Å². The van der Waals surface area contributed by atoms with Gasteiger partial charge in [-0.2, -0.15) is 0 Å². The molecule has 1 amide bonds. The molecule has 1 aliphatic carbocycles. The van der Waals surface area contributed by atoms with E-state index in [1.165, 1.54) is 18.9 Å². The van der Waals surface area contributed by atoms with Crippen LogP contribution in [0.1, 0.15) is 53.4 Å². The third kappa shape index (κ3) is 4.19. The molecule has 0 aromatic rings. The van der Waals surface area contributed by atoms with Crippen molar-refractivity contribution in [2.24, 2.45) is 5.92 Å². The standard InChI is InChI=1S/C17H27NO6/c1-10(19)23-12-7-6-11-8-14(15(20)22-5)18(13(11)9-12)16(21)24-17(2,3)4/h11-14H,6-9H2,1-5H3/t11-,12-,13-,14+/m1/s1. The minimum atomic E-state index is -0.653. The van der Waals surface area contributed by atoms with E-state index in [1.54, 1.807) is 20.8 Å². The van der Waals surface area contributed by atoms with Gasteiger partial charge in [0.15, 0.2) is 0 Å². The van der Waals surface area contributed by atoms with Crippen LogP contribution in [0.25, 0.3) is 0 Å². The minimum absolute atomic E-state index is 0.179. The van der Waals surface area contributed by atoms with Gasteiger partial charge in [0, 0.05) is 19.4 Å². The summed E-state index contributed by atoms with van der Waals surface area (Å²) in [6, 6.07) is -0.821. The van der Waals surface area contributed by atoms with E-state index in [2.05, 4.69) is 0 Å². The summed E-state index contributed by atoms with van der Waals surface area (Å²) in [5.41, 5.74) is -0.653. The Morgan fingerprint density at radius 3 is 2.29 bits per heavy atom. The zero-order chi connectivity index (χ0) is 18.1. The zero-order valence-corrected chi connectivity index (χ0v) is 15.0. The predicted molar refractivity (Wildman–Crippen MR) is 85.2 cm³/mol. The van der Waals surface area contributed by atoms with Gasteiger partial charge in [0.05, 0.1) is 7.11 Å². The van der Waals surface area contributed by atoms with Gasteiger partial charge < -0.3 is 14.2 Å². The summed E-state index contributed by atoms with van der Waals surface area (Å²) in [7, 11) is 1.32. The maximum Gasteiger partial charge on any atom is 0.411 e. The van der Waals surface area contributed by atoms with Crippen molar-refractivity contribution in [2.45, 2.75) is 77.2 Å². The number of nitrogens with zero attached hydrogens (tertiary/aromatic N) is 1. The van der Waals surface area contributed by atoms with Crippen LogP contribution in [0.3, 0.4) is 0 Å². The van der Waals surface area contributed by atoms with E-state index in [9.17, 15) is 14.4 Å². The second-order valence-electron chi connectivity index (χ2n) is 7.53.